The zero-order chi connectivity index (χ0) is 21.1. The van der Waals surface area contributed by atoms with Gasteiger partial charge in [0, 0.05) is 48.7 Å². The van der Waals surface area contributed by atoms with Crippen LogP contribution in [-0.4, -0.2) is 25.0 Å². The number of nitrogens with one attached hydrogen (secondary N) is 3. The molecule has 30 heavy (non-hydrogen) atoms. The number of pyridine rings is 1. The van der Waals surface area contributed by atoms with Crippen LogP contribution in [0.25, 0.3) is 5.57 Å². The third-order valence-corrected chi connectivity index (χ3v) is 5.61. The van der Waals surface area contributed by atoms with Crippen molar-refractivity contribution >= 4 is 17.2 Å². The Kier molecular flexibility index (Phi) is 5.63. The van der Waals surface area contributed by atoms with Gasteiger partial charge in [0.1, 0.15) is 0 Å². The average Bonchev–Trinajstić information content (AvgIpc) is 2.79. The Labute approximate surface area is 177 Å². The van der Waals surface area contributed by atoms with Crippen molar-refractivity contribution in [1.29, 1.82) is 0 Å². The standard InChI is InChI=1S/C25H26N4O/c1-16-22(18-8-4-7-17(13-18)14-26-2)24(19-9-6-12-28-15-19)29-21-11-5-10-20(23(16)21)25(30)27-3/h4-13,15,22,24,26,29H,1,14H2,2-3H3,(H,27,30). The first kappa shape index (κ1) is 19.9. The van der Waals surface area contributed by atoms with Crippen LogP contribution in [0.5, 0.6) is 0 Å². The van der Waals surface area contributed by atoms with E-state index in [1.807, 2.05) is 37.5 Å². The summed E-state index contributed by atoms with van der Waals surface area (Å²) in [6, 6.07) is 18.3. The fourth-order valence-electron chi connectivity index (χ4n) is 4.28. The molecule has 2 heterocycles. The maximum atomic E-state index is 12.6. The molecule has 2 unspecified atom stereocenters. The van der Waals surface area contributed by atoms with Crippen molar-refractivity contribution in [2.45, 2.75) is 18.5 Å². The molecule has 0 radical (unpaired) electrons. The van der Waals surface area contributed by atoms with E-state index in [4.69, 9.17) is 0 Å². The summed E-state index contributed by atoms with van der Waals surface area (Å²) in [7, 11) is 3.59. The molecule has 3 N–H and O–H groups in total. The van der Waals surface area contributed by atoms with Gasteiger partial charge in [0.25, 0.3) is 5.91 Å². The zero-order valence-corrected chi connectivity index (χ0v) is 17.3. The van der Waals surface area contributed by atoms with Gasteiger partial charge in [-0.15, -0.1) is 0 Å². The Morgan fingerprint density at radius 1 is 1.10 bits per heavy atom. The molecule has 0 saturated heterocycles. The maximum absolute atomic E-state index is 12.6. The minimum absolute atomic E-state index is 0.0377. The molecule has 1 aliphatic rings. The number of rotatable bonds is 5. The smallest absolute Gasteiger partial charge is 0.251 e. The molecule has 5 nitrogen and oxygen atoms in total. The fourth-order valence-corrected chi connectivity index (χ4v) is 4.28. The molecular weight excluding hydrogens is 372 g/mol. The van der Waals surface area contributed by atoms with Crippen LogP contribution >= 0.6 is 0 Å². The van der Waals surface area contributed by atoms with Gasteiger partial charge in [0.05, 0.1) is 6.04 Å². The van der Waals surface area contributed by atoms with Crippen LogP contribution in [-0.2, 0) is 6.54 Å². The second kappa shape index (κ2) is 8.51. The van der Waals surface area contributed by atoms with Gasteiger partial charge < -0.3 is 16.0 Å². The molecule has 3 aromatic rings. The molecular formula is C25H26N4O. The van der Waals surface area contributed by atoms with E-state index in [-0.39, 0.29) is 17.9 Å². The number of aromatic nitrogens is 1. The number of carbonyl (C=O) groups is 1. The topological polar surface area (TPSA) is 66.0 Å². The van der Waals surface area contributed by atoms with Crippen molar-refractivity contribution in [2.75, 3.05) is 19.4 Å². The molecule has 0 aliphatic carbocycles. The lowest BCUT2D eigenvalue weighted by Gasteiger charge is -2.38. The quantitative estimate of drug-likeness (QED) is 0.605. The van der Waals surface area contributed by atoms with E-state index < -0.39 is 0 Å². The Morgan fingerprint density at radius 2 is 1.90 bits per heavy atom. The van der Waals surface area contributed by atoms with Gasteiger partial charge in [-0.05, 0) is 47.5 Å². The van der Waals surface area contributed by atoms with Gasteiger partial charge in [0.15, 0.2) is 0 Å². The van der Waals surface area contributed by atoms with Crippen molar-refractivity contribution in [3.05, 3.63) is 101 Å². The minimum atomic E-state index is -0.114. The number of carbonyl (C=O) groups excluding carboxylic acids is 1. The lowest BCUT2D eigenvalue weighted by molar-refractivity contribution is 0.0963. The first-order valence-electron chi connectivity index (χ1n) is 10.1. The number of benzene rings is 2. The first-order chi connectivity index (χ1) is 14.6. The predicted molar refractivity (Wildman–Crippen MR) is 121 cm³/mol. The SMILES string of the molecule is C=C1c2c(cccc2C(=O)NC)NC(c2cccnc2)C1c1cccc(CNC)c1. The summed E-state index contributed by atoms with van der Waals surface area (Å²) in [5.41, 5.74) is 6.80. The van der Waals surface area contributed by atoms with Crippen LogP contribution in [0.4, 0.5) is 5.69 Å². The summed E-state index contributed by atoms with van der Waals surface area (Å²) in [6.45, 7) is 5.28. The van der Waals surface area contributed by atoms with Gasteiger partial charge in [0.2, 0.25) is 0 Å². The molecule has 0 fully saturated rings. The van der Waals surface area contributed by atoms with Gasteiger partial charge >= 0.3 is 0 Å². The fraction of sp³-hybridized carbons (Fsp3) is 0.200. The number of fused-ring (bicyclic) bond motifs is 1. The second-order valence-corrected chi connectivity index (χ2v) is 7.49. The molecule has 5 heteroatoms. The molecule has 4 rings (SSSR count). The minimum Gasteiger partial charge on any atom is -0.377 e. The summed E-state index contributed by atoms with van der Waals surface area (Å²) in [6.07, 6.45) is 3.67. The van der Waals surface area contributed by atoms with Gasteiger partial charge in [-0.3, -0.25) is 9.78 Å². The number of amides is 1. The third-order valence-electron chi connectivity index (χ3n) is 5.61. The molecule has 1 aromatic heterocycles. The molecule has 1 amide bonds. The van der Waals surface area contributed by atoms with Gasteiger partial charge in [-0.2, -0.15) is 0 Å². The number of hydrogen-bond donors (Lipinski definition) is 3. The van der Waals surface area contributed by atoms with Crippen LogP contribution in [0.1, 0.15) is 44.6 Å². The number of hydrogen-bond acceptors (Lipinski definition) is 4. The van der Waals surface area contributed by atoms with Crippen molar-refractivity contribution in [1.82, 2.24) is 15.6 Å². The van der Waals surface area contributed by atoms with Crippen LogP contribution < -0.4 is 16.0 Å². The summed E-state index contributed by atoms with van der Waals surface area (Å²) in [4.78, 5) is 16.9. The molecule has 0 bridgehead atoms. The molecule has 2 aromatic carbocycles. The molecule has 0 spiro atoms. The van der Waals surface area contributed by atoms with E-state index in [9.17, 15) is 4.79 Å². The molecule has 152 valence electrons. The van der Waals surface area contributed by atoms with Crippen LogP contribution in [0.15, 0.2) is 73.6 Å². The summed E-state index contributed by atoms with van der Waals surface area (Å²) < 4.78 is 0. The summed E-state index contributed by atoms with van der Waals surface area (Å²) in [5, 5.41) is 9.63. The van der Waals surface area contributed by atoms with Crippen LogP contribution in [0.3, 0.4) is 0 Å². The Bertz CT molecular complexity index is 1080. The van der Waals surface area contributed by atoms with Crippen molar-refractivity contribution in [2.24, 2.45) is 0 Å². The lowest BCUT2D eigenvalue weighted by atomic mass is 9.75. The van der Waals surface area contributed by atoms with Gasteiger partial charge in [-0.1, -0.05) is 43.0 Å². The summed E-state index contributed by atoms with van der Waals surface area (Å²) >= 11 is 0. The Balaban J connectivity index is 1.88. The monoisotopic (exact) mass is 398 g/mol. The highest BCUT2D eigenvalue weighted by atomic mass is 16.1. The van der Waals surface area contributed by atoms with E-state index in [0.717, 1.165) is 34.5 Å². The van der Waals surface area contributed by atoms with Crippen LogP contribution in [0, 0.1) is 0 Å². The predicted octanol–water partition coefficient (Wildman–Crippen LogP) is 4.12. The second-order valence-electron chi connectivity index (χ2n) is 7.49. The van der Waals surface area contributed by atoms with E-state index in [0.29, 0.717) is 5.56 Å². The van der Waals surface area contributed by atoms with Crippen molar-refractivity contribution in [3.63, 3.8) is 0 Å². The van der Waals surface area contributed by atoms with E-state index in [2.05, 4.69) is 57.8 Å². The largest absolute Gasteiger partial charge is 0.377 e. The normalized spacial score (nSPS) is 17.7. The Morgan fingerprint density at radius 3 is 2.63 bits per heavy atom. The highest BCUT2D eigenvalue weighted by molar-refractivity contribution is 6.03. The maximum Gasteiger partial charge on any atom is 0.251 e. The molecule has 2 atom stereocenters. The molecule has 0 saturated carbocycles. The number of nitrogens with zero attached hydrogens (tertiary/aromatic N) is 1. The van der Waals surface area contributed by atoms with Crippen LogP contribution in [0.2, 0.25) is 0 Å². The first-order valence-corrected chi connectivity index (χ1v) is 10.1. The summed E-state index contributed by atoms with van der Waals surface area (Å²) in [5.74, 6) is -0.151. The zero-order valence-electron chi connectivity index (χ0n) is 17.3. The van der Waals surface area contributed by atoms with E-state index in [1.165, 1.54) is 5.56 Å². The highest BCUT2D eigenvalue weighted by Gasteiger charge is 2.35. The Hall–Kier alpha value is -3.44. The molecule has 1 aliphatic heterocycles. The lowest BCUT2D eigenvalue weighted by Crippen LogP contribution is -2.28. The van der Waals surface area contributed by atoms with E-state index >= 15 is 0 Å². The van der Waals surface area contributed by atoms with Gasteiger partial charge in [-0.25, -0.2) is 0 Å². The average molecular weight is 399 g/mol. The highest BCUT2D eigenvalue weighted by Crippen LogP contribution is 2.49. The van der Waals surface area contributed by atoms with Crippen molar-refractivity contribution < 1.29 is 4.79 Å². The third kappa shape index (κ3) is 3.60. The van der Waals surface area contributed by atoms with E-state index in [1.54, 1.807) is 13.2 Å². The number of anilines is 1. The van der Waals surface area contributed by atoms with Crippen molar-refractivity contribution in [3.8, 4) is 0 Å².